The van der Waals surface area contributed by atoms with Gasteiger partial charge in [-0.2, -0.15) is 5.26 Å². The fraction of sp³-hybridized carbons (Fsp3) is 0.556. The second-order valence-corrected chi connectivity index (χ2v) is 5.30. The van der Waals surface area contributed by atoms with Gasteiger partial charge in [0.05, 0.1) is 18.8 Å². The molecule has 1 atom stereocenters. The molecule has 0 amide bonds. The zero-order chi connectivity index (χ0) is 12.2. The van der Waals surface area contributed by atoms with Gasteiger partial charge in [0.15, 0.2) is 5.25 Å². The Morgan fingerprint density at radius 2 is 2.38 bits per heavy atom. The van der Waals surface area contributed by atoms with Gasteiger partial charge in [0.25, 0.3) is 0 Å². The average Bonchev–Trinajstić information content (AvgIpc) is 2.73. The SMILES string of the molecule is CCc1cnc(CNS(=O)(=O)C(C)C#N)o1. The predicted molar refractivity (Wildman–Crippen MR) is 56.7 cm³/mol. The number of oxazole rings is 1. The van der Waals surface area contributed by atoms with E-state index in [1.54, 1.807) is 12.3 Å². The fourth-order valence-corrected chi connectivity index (χ4v) is 1.66. The second kappa shape index (κ2) is 5.09. The molecule has 1 unspecified atom stereocenters. The van der Waals surface area contributed by atoms with Crippen LogP contribution in [0, 0.1) is 11.3 Å². The van der Waals surface area contributed by atoms with Gasteiger partial charge in [-0.25, -0.2) is 18.1 Å². The third-order valence-corrected chi connectivity index (χ3v) is 3.60. The fourth-order valence-electron chi connectivity index (χ4n) is 0.950. The van der Waals surface area contributed by atoms with Gasteiger partial charge in [-0.15, -0.1) is 0 Å². The number of rotatable bonds is 5. The molecule has 0 bridgehead atoms. The van der Waals surface area contributed by atoms with E-state index in [0.717, 1.165) is 0 Å². The first-order valence-corrected chi connectivity index (χ1v) is 6.36. The smallest absolute Gasteiger partial charge is 0.228 e. The van der Waals surface area contributed by atoms with E-state index in [1.165, 1.54) is 6.92 Å². The number of aromatic nitrogens is 1. The summed E-state index contributed by atoms with van der Waals surface area (Å²) in [6.07, 6.45) is 2.26. The standard InChI is InChI=1S/C9H13N3O3S/c1-3-8-5-11-9(15-8)6-12-16(13,14)7(2)4-10/h5,7,12H,3,6H2,1-2H3. The summed E-state index contributed by atoms with van der Waals surface area (Å²) in [5, 5.41) is 7.41. The van der Waals surface area contributed by atoms with Crippen LogP contribution in [0.2, 0.25) is 0 Å². The molecule has 7 heteroatoms. The number of aryl methyl sites for hydroxylation is 1. The normalized spacial score (nSPS) is 13.3. The second-order valence-electron chi connectivity index (χ2n) is 3.21. The molecule has 1 heterocycles. The molecule has 6 nitrogen and oxygen atoms in total. The molecule has 0 radical (unpaired) electrons. The Kier molecular flexibility index (Phi) is 4.04. The minimum absolute atomic E-state index is 0.0334. The summed E-state index contributed by atoms with van der Waals surface area (Å²) in [7, 11) is -3.62. The Balaban J connectivity index is 2.62. The minimum atomic E-state index is -3.62. The van der Waals surface area contributed by atoms with Gasteiger partial charge in [0.2, 0.25) is 15.9 Å². The Bertz CT molecular complexity index is 486. The number of nitrogens with one attached hydrogen (secondary N) is 1. The van der Waals surface area contributed by atoms with Crippen molar-refractivity contribution in [3.05, 3.63) is 17.8 Å². The van der Waals surface area contributed by atoms with Crippen molar-refractivity contribution in [3.63, 3.8) is 0 Å². The number of nitrogens with zero attached hydrogens (tertiary/aromatic N) is 2. The van der Waals surface area contributed by atoms with Gasteiger partial charge in [-0.3, -0.25) is 0 Å². The number of nitriles is 1. The van der Waals surface area contributed by atoms with Gasteiger partial charge >= 0.3 is 0 Å². The van der Waals surface area contributed by atoms with E-state index in [0.29, 0.717) is 18.1 Å². The van der Waals surface area contributed by atoms with Crippen LogP contribution in [-0.4, -0.2) is 18.7 Å². The summed E-state index contributed by atoms with van der Waals surface area (Å²) >= 11 is 0. The minimum Gasteiger partial charge on any atom is -0.444 e. The molecule has 1 aromatic rings. The van der Waals surface area contributed by atoms with Gasteiger partial charge in [0, 0.05) is 6.42 Å². The molecule has 0 aliphatic rings. The summed E-state index contributed by atoms with van der Waals surface area (Å²) in [5.74, 6) is 0.994. The molecule has 0 fully saturated rings. The highest BCUT2D eigenvalue weighted by Gasteiger charge is 2.20. The summed E-state index contributed by atoms with van der Waals surface area (Å²) in [6, 6.07) is 1.66. The van der Waals surface area contributed by atoms with Crippen molar-refractivity contribution in [2.24, 2.45) is 0 Å². The maximum atomic E-state index is 11.4. The van der Waals surface area contributed by atoms with Crippen molar-refractivity contribution in [3.8, 4) is 6.07 Å². The molecular weight excluding hydrogens is 230 g/mol. The van der Waals surface area contributed by atoms with Gasteiger partial charge in [-0.05, 0) is 6.92 Å². The van der Waals surface area contributed by atoms with Crippen LogP contribution in [0.1, 0.15) is 25.5 Å². The van der Waals surface area contributed by atoms with Crippen LogP contribution in [0.4, 0.5) is 0 Å². The highest BCUT2D eigenvalue weighted by atomic mass is 32.2. The lowest BCUT2D eigenvalue weighted by Crippen LogP contribution is -2.31. The molecule has 16 heavy (non-hydrogen) atoms. The zero-order valence-corrected chi connectivity index (χ0v) is 9.91. The molecule has 1 rings (SSSR count). The lowest BCUT2D eigenvalue weighted by molar-refractivity contribution is 0.452. The Morgan fingerprint density at radius 3 is 2.88 bits per heavy atom. The summed E-state index contributed by atoms with van der Waals surface area (Å²) in [6.45, 7) is 3.19. The molecule has 1 N–H and O–H groups in total. The summed E-state index contributed by atoms with van der Waals surface area (Å²) < 4.78 is 30.3. The van der Waals surface area contributed by atoms with Crippen LogP contribution in [-0.2, 0) is 23.0 Å². The van der Waals surface area contributed by atoms with Crippen molar-refractivity contribution >= 4 is 10.0 Å². The lowest BCUT2D eigenvalue weighted by atomic mass is 10.4. The third kappa shape index (κ3) is 3.05. The predicted octanol–water partition coefficient (Wildman–Crippen LogP) is 0.568. The molecule has 0 aliphatic carbocycles. The third-order valence-electron chi connectivity index (χ3n) is 2.02. The van der Waals surface area contributed by atoms with Crippen LogP contribution in [0.5, 0.6) is 0 Å². The van der Waals surface area contributed by atoms with Crippen molar-refractivity contribution in [1.29, 1.82) is 5.26 Å². The van der Waals surface area contributed by atoms with Crippen LogP contribution in [0.15, 0.2) is 10.6 Å². The van der Waals surface area contributed by atoms with Crippen molar-refractivity contribution in [2.45, 2.75) is 32.1 Å². The summed E-state index contributed by atoms with van der Waals surface area (Å²) in [4.78, 5) is 3.90. The number of hydrogen-bond acceptors (Lipinski definition) is 5. The Hall–Kier alpha value is -1.39. The van der Waals surface area contributed by atoms with E-state index in [-0.39, 0.29) is 6.54 Å². The number of hydrogen-bond donors (Lipinski definition) is 1. The lowest BCUT2D eigenvalue weighted by Gasteiger charge is -2.05. The maximum Gasteiger partial charge on any atom is 0.228 e. The molecule has 1 aromatic heterocycles. The largest absolute Gasteiger partial charge is 0.444 e. The van der Waals surface area contributed by atoms with E-state index >= 15 is 0 Å². The van der Waals surface area contributed by atoms with E-state index in [4.69, 9.17) is 9.68 Å². The molecule has 0 saturated carbocycles. The van der Waals surface area contributed by atoms with E-state index < -0.39 is 15.3 Å². The monoisotopic (exact) mass is 243 g/mol. The highest BCUT2D eigenvalue weighted by molar-refractivity contribution is 7.90. The van der Waals surface area contributed by atoms with Crippen molar-refractivity contribution < 1.29 is 12.8 Å². The molecule has 0 aromatic carbocycles. The van der Waals surface area contributed by atoms with Crippen LogP contribution < -0.4 is 4.72 Å². The quantitative estimate of drug-likeness (QED) is 0.815. The molecule has 88 valence electrons. The van der Waals surface area contributed by atoms with Crippen LogP contribution in [0.25, 0.3) is 0 Å². The van der Waals surface area contributed by atoms with Gasteiger partial charge in [-0.1, -0.05) is 6.92 Å². The Labute approximate surface area is 94.3 Å². The maximum absolute atomic E-state index is 11.4. The molecule has 0 spiro atoms. The average molecular weight is 243 g/mol. The van der Waals surface area contributed by atoms with Crippen LogP contribution in [0.3, 0.4) is 0 Å². The summed E-state index contributed by atoms with van der Waals surface area (Å²) in [5.41, 5.74) is 0. The zero-order valence-electron chi connectivity index (χ0n) is 9.10. The van der Waals surface area contributed by atoms with Crippen molar-refractivity contribution in [1.82, 2.24) is 9.71 Å². The van der Waals surface area contributed by atoms with E-state index in [2.05, 4.69) is 9.71 Å². The van der Waals surface area contributed by atoms with Gasteiger partial charge in [0.1, 0.15) is 5.76 Å². The molecule has 0 saturated heterocycles. The van der Waals surface area contributed by atoms with E-state index in [1.807, 2.05) is 6.92 Å². The van der Waals surface area contributed by atoms with Gasteiger partial charge < -0.3 is 4.42 Å². The first-order valence-electron chi connectivity index (χ1n) is 4.81. The first kappa shape index (κ1) is 12.7. The molecule has 0 aliphatic heterocycles. The number of sulfonamides is 1. The molecular formula is C9H13N3O3S. The highest BCUT2D eigenvalue weighted by Crippen LogP contribution is 2.05. The van der Waals surface area contributed by atoms with Crippen molar-refractivity contribution in [2.75, 3.05) is 0 Å². The van der Waals surface area contributed by atoms with E-state index in [9.17, 15) is 8.42 Å². The topological polar surface area (TPSA) is 96.0 Å². The first-order chi connectivity index (χ1) is 7.49. The van der Waals surface area contributed by atoms with Crippen LogP contribution >= 0.6 is 0 Å². The Morgan fingerprint density at radius 1 is 1.69 bits per heavy atom.